The second-order valence-electron chi connectivity index (χ2n) is 20.8. The van der Waals surface area contributed by atoms with Gasteiger partial charge in [-0.25, -0.2) is 0 Å². The van der Waals surface area contributed by atoms with Crippen LogP contribution < -0.4 is 0 Å². The number of hydrogen-bond donors (Lipinski definition) is 13. The third-order valence-corrected chi connectivity index (χ3v) is 17.0. The number of ether oxygens (including phenoxy) is 8. The van der Waals surface area contributed by atoms with Gasteiger partial charge in [-0.3, -0.25) is 4.79 Å². The zero-order valence-corrected chi connectivity index (χ0v) is 37.4. The lowest BCUT2D eigenvalue weighted by Gasteiger charge is -2.64. The van der Waals surface area contributed by atoms with Crippen molar-refractivity contribution in [1.82, 2.24) is 0 Å². The number of hydrogen-bond acceptors (Lipinski definition) is 22. The highest BCUT2D eigenvalue weighted by Crippen LogP contribution is 2.73. The summed E-state index contributed by atoms with van der Waals surface area (Å²) in [6, 6.07) is 0. The van der Waals surface area contributed by atoms with Gasteiger partial charge in [0.1, 0.15) is 91.6 Å². The molecule has 4 heterocycles. The standard InChI is InChI=1S/C44H70O22/c1-17-12-43-10-6-22-41(3,8-5-9-42(22,4)40(58)65-38-33(57)30(54)26(50)20(14-46)61-38)23(43)7-11-44(17,16-43)66-39-35(64-36-31(55)28(52)24(48)18(2)59-36)34(27(51)21(15-47)62-39)63-37-32(56)29(53)25(49)19(13-45)60-37/h18-39,45-57H,1,5-16H2,2-4H3/t18-,19+,20+,21+,22-,23-,24-,25+,26+,27+,28+,29-,30-,31+,32+,33+,34-,35+,36-,37-,38-,39-,41+,42+,43+,44-/m0/s1. The van der Waals surface area contributed by atoms with Gasteiger partial charge in [0.05, 0.1) is 36.9 Å². The molecule has 378 valence electrons. The van der Waals surface area contributed by atoms with Gasteiger partial charge in [-0.1, -0.05) is 19.9 Å². The number of aliphatic hydroxyl groups is 13. The number of rotatable bonds is 11. The molecule has 0 amide bonds. The number of fused-ring (bicyclic) bond motifs is 3. The van der Waals surface area contributed by atoms with E-state index in [4.69, 9.17) is 37.9 Å². The molecule has 26 atom stereocenters. The SMILES string of the molecule is C=C1C[C@@]23CC[C@H]4[C@@](C)(CCC[C@@]4(C)C(=O)O[C@@H]4O[C@H](CO)[C@@H](O)[C@H](O)[C@H]4O)[C@@H]2CC[C@]1(O[C@@H]1O[C@H](CO)[C@@H](O)[C@H](O[C@@H]2O[C@H](CO)[C@@H](O)[C@H](O)[C@H]2O)[C@H]1O[C@@H]1O[C@@H](C)[C@H](O)[C@@H](O)[C@H]1O)C3. The van der Waals surface area contributed by atoms with Crippen LogP contribution in [0.25, 0.3) is 0 Å². The Balaban J connectivity index is 1.06. The van der Waals surface area contributed by atoms with E-state index >= 15 is 0 Å². The first-order valence-corrected chi connectivity index (χ1v) is 23.2. The summed E-state index contributed by atoms with van der Waals surface area (Å²) in [7, 11) is 0. The molecule has 8 aliphatic rings. The summed E-state index contributed by atoms with van der Waals surface area (Å²) in [6.07, 6.45) is -27.4. The van der Waals surface area contributed by atoms with Crippen molar-refractivity contribution in [3.05, 3.63) is 12.2 Å². The lowest BCUT2D eigenvalue weighted by atomic mass is 9.41. The molecule has 0 unspecified atom stereocenters. The molecule has 8 fully saturated rings. The maximum Gasteiger partial charge on any atom is 0.314 e. The van der Waals surface area contributed by atoms with Crippen molar-refractivity contribution in [3.8, 4) is 0 Å². The van der Waals surface area contributed by atoms with E-state index in [1.54, 1.807) is 0 Å². The Morgan fingerprint density at radius 2 is 1.12 bits per heavy atom. The van der Waals surface area contributed by atoms with Gasteiger partial charge >= 0.3 is 5.97 Å². The van der Waals surface area contributed by atoms with Crippen molar-refractivity contribution in [1.29, 1.82) is 0 Å². The van der Waals surface area contributed by atoms with Crippen molar-refractivity contribution in [2.45, 2.75) is 207 Å². The second-order valence-corrected chi connectivity index (χ2v) is 20.8. The molecule has 66 heavy (non-hydrogen) atoms. The maximum atomic E-state index is 14.3. The van der Waals surface area contributed by atoms with Crippen molar-refractivity contribution in [2.75, 3.05) is 19.8 Å². The van der Waals surface area contributed by atoms with Crippen LogP contribution in [0, 0.1) is 28.1 Å². The van der Waals surface area contributed by atoms with Gasteiger partial charge in [0.2, 0.25) is 6.29 Å². The molecule has 2 bridgehead atoms. The van der Waals surface area contributed by atoms with Crippen LogP contribution in [-0.4, -0.2) is 221 Å². The average molecular weight is 951 g/mol. The summed E-state index contributed by atoms with van der Waals surface area (Å²) in [6.45, 7) is 7.77. The molecule has 8 rings (SSSR count). The van der Waals surface area contributed by atoms with E-state index in [-0.39, 0.29) is 17.3 Å². The summed E-state index contributed by atoms with van der Waals surface area (Å²) in [5.74, 6) is -0.750. The fourth-order valence-corrected chi connectivity index (χ4v) is 13.4. The van der Waals surface area contributed by atoms with Crippen LogP contribution in [0.2, 0.25) is 0 Å². The van der Waals surface area contributed by atoms with E-state index < -0.39 is 165 Å². The Bertz CT molecular complexity index is 1740. The van der Waals surface area contributed by atoms with Crippen molar-refractivity contribution < 1.29 is 109 Å². The minimum Gasteiger partial charge on any atom is -0.432 e. The monoisotopic (exact) mass is 950 g/mol. The first-order chi connectivity index (χ1) is 31.1. The highest BCUT2D eigenvalue weighted by molar-refractivity contribution is 5.77. The first kappa shape index (κ1) is 50.8. The summed E-state index contributed by atoms with van der Waals surface area (Å²) < 4.78 is 48.4. The van der Waals surface area contributed by atoms with Crippen LogP contribution in [0.5, 0.6) is 0 Å². The van der Waals surface area contributed by atoms with E-state index in [9.17, 15) is 71.2 Å². The van der Waals surface area contributed by atoms with Gasteiger partial charge in [-0.2, -0.15) is 0 Å². The van der Waals surface area contributed by atoms with E-state index in [1.165, 1.54) is 6.92 Å². The third kappa shape index (κ3) is 8.30. The third-order valence-electron chi connectivity index (χ3n) is 17.0. The summed E-state index contributed by atoms with van der Waals surface area (Å²) in [5.41, 5.74) is -2.19. The number of aliphatic hydroxyl groups excluding tert-OH is 13. The van der Waals surface area contributed by atoms with Crippen molar-refractivity contribution >= 4 is 5.97 Å². The minimum atomic E-state index is -1.92. The Morgan fingerprint density at radius 1 is 0.606 bits per heavy atom. The molecule has 0 aromatic heterocycles. The van der Waals surface area contributed by atoms with Gasteiger partial charge in [-0.05, 0) is 93.5 Å². The summed E-state index contributed by atoms with van der Waals surface area (Å²) >= 11 is 0. The Labute approximate surface area is 381 Å². The highest BCUT2D eigenvalue weighted by Gasteiger charge is 2.70. The molecule has 22 heteroatoms. The molecule has 1 spiro atoms. The predicted molar refractivity (Wildman–Crippen MR) is 218 cm³/mol. The average Bonchev–Trinajstić information content (AvgIpc) is 3.48. The Hall–Kier alpha value is -1.59. The molecule has 13 N–H and O–H groups in total. The zero-order chi connectivity index (χ0) is 48.0. The van der Waals surface area contributed by atoms with E-state index in [0.717, 1.165) is 12.0 Å². The molecular formula is C44H70O22. The molecule has 0 aromatic carbocycles. The predicted octanol–water partition coefficient (Wildman–Crippen LogP) is -4.09. The fraction of sp³-hybridized carbons (Fsp3) is 0.932. The number of carbonyl (C=O) groups is 1. The summed E-state index contributed by atoms with van der Waals surface area (Å²) in [5, 5.41) is 137. The van der Waals surface area contributed by atoms with Gasteiger partial charge < -0.3 is 104 Å². The van der Waals surface area contributed by atoms with Crippen LogP contribution in [-0.2, 0) is 42.7 Å². The Morgan fingerprint density at radius 3 is 1.74 bits per heavy atom. The first-order valence-electron chi connectivity index (χ1n) is 23.2. The minimum absolute atomic E-state index is 0.0493. The summed E-state index contributed by atoms with van der Waals surface area (Å²) in [4.78, 5) is 14.3. The molecule has 22 nitrogen and oxygen atoms in total. The van der Waals surface area contributed by atoms with Crippen molar-refractivity contribution in [3.63, 3.8) is 0 Å². The topological polar surface area (TPSA) is 354 Å². The molecule has 0 aromatic rings. The van der Waals surface area contributed by atoms with Gasteiger partial charge in [0, 0.05) is 0 Å². The van der Waals surface area contributed by atoms with E-state index in [0.29, 0.717) is 51.4 Å². The van der Waals surface area contributed by atoms with Gasteiger partial charge in [0.25, 0.3) is 0 Å². The quantitative estimate of drug-likeness (QED) is 0.0532. The van der Waals surface area contributed by atoms with Crippen LogP contribution in [0.4, 0.5) is 0 Å². The smallest absolute Gasteiger partial charge is 0.314 e. The highest BCUT2D eigenvalue weighted by atomic mass is 16.8. The molecule has 4 saturated heterocycles. The lowest BCUT2D eigenvalue weighted by molar-refractivity contribution is -0.398. The van der Waals surface area contributed by atoms with Crippen molar-refractivity contribution in [2.24, 2.45) is 28.1 Å². The van der Waals surface area contributed by atoms with E-state index in [2.05, 4.69) is 13.5 Å². The number of carbonyl (C=O) groups excluding carboxylic acids is 1. The largest absolute Gasteiger partial charge is 0.432 e. The van der Waals surface area contributed by atoms with E-state index in [1.807, 2.05) is 6.92 Å². The maximum absolute atomic E-state index is 14.3. The number of esters is 1. The zero-order valence-electron chi connectivity index (χ0n) is 37.4. The lowest BCUT2D eigenvalue weighted by Crippen LogP contribution is -2.67. The Kier molecular flexibility index (Phi) is 14.5. The van der Waals surface area contributed by atoms with Gasteiger partial charge in [0.15, 0.2) is 18.9 Å². The fourth-order valence-electron chi connectivity index (χ4n) is 13.4. The van der Waals surface area contributed by atoms with Crippen LogP contribution in [0.1, 0.15) is 78.6 Å². The molecule has 4 aliphatic heterocycles. The molecule has 4 aliphatic carbocycles. The van der Waals surface area contributed by atoms with Crippen LogP contribution >= 0.6 is 0 Å². The van der Waals surface area contributed by atoms with Crippen LogP contribution in [0.15, 0.2) is 12.2 Å². The normalized spacial score (nSPS) is 55.2. The van der Waals surface area contributed by atoms with Gasteiger partial charge in [-0.15, -0.1) is 0 Å². The molecule has 4 saturated carbocycles. The molecular weight excluding hydrogens is 880 g/mol. The molecule has 0 radical (unpaired) electrons. The van der Waals surface area contributed by atoms with Crippen LogP contribution in [0.3, 0.4) is 0 Å². The second kappa shape index (κ2) is 18.9.